The first-order valence-corrected chi connectivity index (χ1v) is 6.84. The summed E-state index contributed by atoms with van der Waals surface area (Å²) in [4.78, 5) is 1.95. The highest BCUT2D eigenvalue weighted by Gasteiger charge is 2.25. The van der Waals surface area contributed by atoms with Gasteiger partial charge in [0.2, 0.25) is 6.43 Å². The summed E-state index contributed by atoms with van der Waals surface area (Å²) in [6, 6.07) is 5.54. The van der Waals surface area contributed by atoms with E-state index in [-0.39, 0.29) is 24.6 Å². The zero-order valence-electron chi connectivity index (χ0n) is 11.9. The van der Waals surface area contributed by atoms with E-state index < -0.39 is 19.1 Å². The van der Waals surface area contributed by atoms with Crippen molar-refractivity contribution in [2.45, 2.75) is 25.5 Å². The molecule has 2 rings (SSSR count). The molecular weight excluding hydrogens is 324 g/mol. The number of nitrogens with zero attached hydrogens (tertiary/aromatic N) is 1. The molecule has 126 valence electrons. The molecule has 8 heteroatoms. The van der Waals surface area contributed by atoms with Gasteiger partial charge in [0.15, 0.2) is 0 Å². The Hall–Kier alpha value is -1.05. The second kappa shape index (κ2) is 9.17. The highest BCUT2D eigenvalue weighted by Crippen LogP contribution is 2.30. The first-order valence-electron chi connectivity index (χ1n) is 6.84. The van der Waals surface area contributed by atoms with E-state index in [9.17, 15) is 17.6 Å². The zero-order valence-corrected chi connectivity index (χ0v) is 12.7. The van der Waals surface area contributed by atoms with Gasteiger partial charge in [-0.25, -0.2) is 8.78 Å². The first kappa shape index (κ1) is 19.0. The van der Waals surface area contributed by atoms with E-state index in [1.165, 1.54) is 12.1 Å². The van der Waals surface area contributed by atoms with Gasteiger partial charge in [-0.1, -0.05) is 12.1 Å². The van der Waals surface area contributed by atoms with Crippen molar-refractivity contribution in [3.63, 3.8) is 0 Å². The average Bonchev–Trinajstić information content (AvgIpc) is 2.45. The molecule has 1 aliphatic rings. The molecule has 0 saturated carbocycles. The molecule has 0 bridgehead atoms. The summed E-state index contributed by atoms with van der Waals surface area (Å²) < 4.78 is 54.5. The summed E-state index contributed by atoms with van der Waals surface area (Å²) in [6.07, 6.45) is -2.78. The molecule has 0 radical (unpaired) electrons. The highest BCUT2D eigenvalue weighted by atomic mass is 35.5. The van der Waals surface area contributed by atoms with Crippen molar-refractivity contribution in [2.24, 2.45) is 0 Å². The largest absolute Gasteiger partial charge is 0.435 e. The van der Waals surface area contributed by atoms with E-state index in [1.807, 2.05) is 4.90 Å². The lowest BCUT2D eigenvalue weighted by Crippen LogP contribution is -2.45. The van der Waals surface area contributed by atoms with Crippen molar-refractivity contribution < 1.29 is 22.3 Å². The lowest BCUT2D eigenvalue weighted by Gasteiger charge is -2.35. The van der Waals surface area contributed by atoms with Crippen LogP contribution in [0, 0.1) is 0 Å². The molecule has 1 heterocycles. The number of hydrogen-bond donors (Lipinski definition) is 1. The quantitative estimate of drug-likeness (QED) is 0.803. The van der Waals surface area contributed by atoms with E-state index in [2.05, 4.69) is 10.1 Å². The van der Waals surface area contributed by atoms with Crippen molar-refractivity contribution in [3.05, 3.63) is 29.8 Å². The Labute approximate surface area is 133 Å². The number of rotatable bonds is 6. The normalized spacial score (nSPS) is 17.4. The topological polar surface area (TPSA) is 24.5 Å². The third kappa shape index (κ3) is 5.62. The summed E-state index contributed by atoms with van der Waals surface area (Å²) in [6.45, 7) is -0.165. The van der Waals surface area contributed by atoms with Gasteiger partial charge in [-0.2, -0.15) is 8.78 Å². The minimum Gasteiger partial charge on any atom is -0.435 e. The van der Waals surface area contributed by atoms with Crippen LogP contribution >= 0.6 is 12.4 Å². The van der Waals surface area contributed by atoms with Gasteiger partial charge in [0.05, 0.1) is 0 Å². The van der Waals surface area contributed by atoms with Crippen LogP contribution in [0.25, 0.3) is 0 Å². The first-order chi connectivity index (χ1) is 10.1. The van der Waals surface area contributed by atoms with E-state index >= 15 is 0 Å². The summed E-state index contributed by atoms with van der Waals surface area (Å²) >= 11 is 0. The molecule has 1 aromatic carbocycles. The Morgan fingerprint density at radius 1 is 1.14 bits per heavy atom. The van der Waals surface area contributed by atoms with Crippen LogP contribution < -0.4 is 10.1 Å². The van der Waals surface area contributed by atoms with Crippen molar-refractivity contribution in [1.82, 2.24) is 10.2 Å². The van der Waals surface area contributed by atoms with Gasteiger partial charge in [0.1, 0.15) is 5.75 Å². The number of ether oxygens (including phenoxy) is 1. The second-order valence-electron chi connectivity index (χ2n) is 4.88. The summed E-state index contributed by atoms with van der Waals surface area (Å²) in [5.74, 6) is -0.00287. The molecule has 1 aromatic rings. The van der Waals surface area contributed by atoms with Crippen molar-refractivity contribution in [2.75, 3.05) is 26.2 Å². The Morgan fingerprint density at radius 2 is 1.82 bits per heavy atom. The van der Waals surface area contributed by atoms with Crippen LogP contribution in [0.15, 0.2) is 24.3 Å². The molecule has 1 saturated heterocycles. The Bertz CT molecular complexity index is 445. The molecule has 0 aromatic heterocycles. The maximum atomic E-state index is 12.8. The van der Waals surface area contributed by atoms with Crippen LogP contribution in [0.2, 0.25) is 0 Å². The maximum absolute atomic E-state index is 12.8. The minimum atomic E-state index is -2.92. The maximum Gasteiger partial charge on any atom is 0.387 e. The fourth-order valence-electron chi connectivity index (χ4n) is 2.56. The number of benzene rings is 1. The number of hydrogen-bond acceptors (Lipinski definition) is 3. The Kier molecular flexibility index (Phi) is 7.92. The Morgan fingerprint density at radius 3 is 2.41 bits per heavy atom. The number of alkyl halides is 4. The van der Waals surface area contributed by atoms with Gasteiger partial charge in [-0.3, -0.25) is 4.90 Å². The van der Waals surface area contributed by atoms with Crippen molar-refractivity contribution in [3.8, 4) is 5.75 Å². The second-order valence-corrected chi connectivity index (χ2v) is 4.88. The van der Waals surface area contributed by atoms with Crippen molar-refractivity contribution in [1.29, 1.82) is 0 Å². The van der Waals surface area contributed by atoms with Crippen LogP contribution in [-0.4, -0.2) is 44.1 Å². The van der Waals surface area contributed by atoms with Gasteiger partial charge in [-0.05, 0) is 17.7 Å². The molecule has 0 unspecified atom stereocenters. The lowest BCUT2D eigenvalue weighted by molar-refractivity contribution is -0.0499. The number of halogens is 5. The third-order valence-electron chi connectivity index (χ3n) is 3.46. The molecular formula is C14H19ClF4N2O. The smallest absolute Gasteiger partial charge is 0.387 e. The van der Waals surface area contributed by atoms with Gasteiger partial charge < -0.3 is 10.1 Å². The molecule has 0 spiro atoms. The standard InChI is InChI=1S/C14H18F4N2O.ClH/c15-13(16)9-12(20-6-4-19-5-7-20)10-2-1-3-11(8-10)21-14(17)18;/h1-3,8,12-14,19H,4-7,9H2;1H/t12-;/m0./s1. The lowest BCUT2D eigenvalue weighted by atomic mass is 10.0. The van der Waals surface area contributed by atoms with E-state index in [0.29, 0.717) is 18.7 Å². The monoisotopic (exact) mass is 342 g/mol. The molecule has 1 N–H and O–H groups in total. The fraction of sp³-hybridized carbons (Fsp3) is 0.571. The molecule has 0 aliphatic carbocycles. The van der Waals surface area contributed by atoms with Crippen LogP contribution in [-0.2, 0) is 0 Å². The van der Waals surface area contributed by atoms with Crippen molar-refractivity contribution >= 4 is 12.4 Å². The SMILES string of the molecule is Cl.FC(F)C[C@@H](c1cccc(OC(F)F)c1)N1CCNCC1. The molecule has 1 atom stereocenters. The van der Waals surface area contributed by atoms with E-state index in [4.69, 9.17) is 0 Å². The molecule has 1 fully saturated rings. The van der Waals surface area contributed by atoms with E-state index in [0.717, 1.165) is 13.1 Å². The molecule has 3 nitrogen and oxygen atoms in total. The number of piperazine rings is 1. The van der Waals surface area contributed by atoms with Crippen LogP contribution in [0.5, 0.6) is 5.75 Å². The minimum absolute atomic E-state index is 0. The van der Waals surface area contributed by atoms with Gasteiger partial charge in [0, 0.05) is 38.6 Å². The van der Waals surface area contributed by atoms with Crippen LogP contribution in [0.1, 0.15) is 18.0 Å². The molecule has 22 heavy (non-hydrogen) atoms. The van der Waals surface area contributed by atoms with Gasteiger partial charge in [-0.15, -0.1) is 12.4 Å². The predicted molar refractivity (Wildman–Crippen MR) is 78.1 cm³/mol. The number of nitrogens with one attached hydrogen (secondary N) is 1. The van der Waals surface area contributed by atoms with Crippen LogP contribution in [0.3, 0.4) is 0 Å². The fourth-order valence-corrected chi connectivity index (χ4v) is 2.56. The molecule has 0 amide bonds. The van der Waals surface area contributed by atoms with E-state index in [1.54, 1.807) is 12.1 Å². The average molecular weight is 343 g/mol. The summed E-state index contributed by atoms with van der Waals surface area (Å²) in [5.41, 5.74) is 0.579. The summed E-state index contributed by atoms with van der Waals surface area (Å²) in [7, 11) is 0. The predicted octanol–water partition coefficient (Wildman–Crippen LogP) is 3.31. The Balaban J connectivity index is 0.00000242. The van der Waals surface area contributed by atoms with Gasteiger partial charge in [0.25, 0.3) is 0 Å². The van der Waals surface area contributed by atoms with Gasteiger partial charge >= 0.3 is 6.61 Å². The summed E-state index contributed by atoms with van der Waals surface area (Å²) in [5, 5.41) is 3.16. The molecule has 1 aliphatic heterocycles. The third-order valence-corrected chi connectivity index (χ3v) is 3.46. The zero-order chi connectivity index (χ0) is 15.2. The highest BCUT2D eigenvalue weighted by molar-refractivity contribution is 5.85. The van der Waals surface area contributed by atoms with Crippen LogP contribution in [0.4, 0.5) is 17.6 Å².